The number of carbonyl (C=O) groups excluding carboxylic acids is 1. The van der Waals surface area contributed by atoms with E-state index >= 15 is 0 Å². The molecule has 1 atom stereocenters. The van der Waals surface area contributed by atoms with Gasteiger partial charge < -0.3 is 24.5 Å². The lowest BCUT2D eigenvalue weighted by Crippen LogP contribution is -2.34. The van der Waals surface area contributed by atoms with E-state index in [0.29, 0.717) is 29.1 Å². The number of benzene rings is 1. The molecule has 1 unspecified atom stereocenters. The molecule has 8 nitrogen and oxygen atoms in total. The van der Waals surface area contributed by atoms with Crippen LogP contribution in [0.15, 0.2) is 27.8 Å². The van der Waals surface area contributed by atoms with Gasteiger partial charge in [0.15, 0.2) is 0 Å². The molecule has 0 aliphatic carbocycles. The van der Waals surface area contributed by atoms with Crippen LogP contribution in [-0.4, -0.2) is 72.6 Å². The van der Waals surface area contributed by atoms with Crippen LogP contribution in [0.3, 0.4) is 0 Å². The number of nitrogens with one attached hydrogen (secondary N) is 2. The van der Waals surface area contributed by atoms with E-state index in [1.165, 1.54) is 0 Å². The maximum Gasteiger partial charge on any atom is 0.314 e. The summed E-state index contributed by atoms with van der Waals surface area (Å²) in [4.78, 5) is 44.6. The molecule has 1 aromatic heterocycles. The van der Waals surface area contributed by atoms with Gasteiger partial charge in [-0.2, -0.15) is 0 Å². The van der Waals surface area contributed by atoms with Gasteiger partial charge in [-0.15, -0.1) is 0 Å². The zero-order chi connectivity index (χ0) is 18.7. The molecular formula is C18H24N4O4. The molecule has 1 saturated heterocycles. The summed E-state index contributed by atoms with van der Waals surface area (Å²) in [6.45, 7) is 4.32. The lowest BCUT2D eigenvalue weighted by molar-refractivity contribution is 0.0772. The van der Waals surface area contributed by atoms with Crippen molar-refractivity contribution in [3.05, 3.63) is 44.5 Å². The number of likely N-dealkylation sites (tertiary alicyclic amines) is 1. The Balaban J connectivity index is 1.67. The van der Waals surface area contributed by atoms with Crippen LogP contribution in [0.5, 0.6) is 0 Å². The number of nitrogens with zero attached hydrogens (tertiary/aromatic N) is 2. The first-order chi connectivity index (χ1) is 12.5. The van der Waals surface area contributed by atoms with Crippen molar-refractivity contribution in [3.8, 4) is 0 Å². The molecule has 1 fully saturated rings. The van der Waals surface area contributed by atoms with Crippen LogP contribution in [0.1, 0.15) is 16.8 Å². The minimum absolute atomic E-state index is 0.103. The number of fused-ring (bicyclic) bond motifs is 1. The predicted octanol–water partition coefficient (Wildman–Crippen LogP) is 0.257. The van der Waals surface area contributed by atoms with Gasteiger partial charge in [-0.1, -0.05) is 0 Å². The van der Waals surface area contributed by atoms with E-state index in [9.17, 15) is 14.4 Å². The summed E-state index contributed by atoms with van der Waals surface area (Å²) in [5.74, 6) is 0.340. The van der Waals surface area contributed by atoms with Crippen molar-refractivity contribution < 1.29 is 9.53 Å². The van der Waals surface area contributed by atoms with Crippen molar-refractivity contribution in [2.45, 2.75) is 6.42 Å². The molecular weight excluding hydrogens is 336 g/mol. The van der Waals surface area contributed by atoms with E-state index in [0.717, 1.165) is 32.7 Å². The number of H-pyrrole nitrogens is 2. The zero-order valence-corrected chi connectivity index (χ0v) is 15.1. The lowest BCUT2D eigenvalue weighted by atomic mass is 10.1. The van der Waals surface area contributed by atoms with Gasteiger partial charge in [-0.3, -0.25) is 14.4 Å². The Labute approximate surface area is 150 Å². The number of amides is 1. The summed E-state index contributed by atoms with van der Waals surface area (Å²) in [5, 5.41) is 0. The number of hydrogen-bond donors (Lipinski definition) is 2. The fraction of sp³-hybridized carbons (Fsp3) is 0.500. The number of ether oxygens (including phenoxy) is 1. The number of aromatic nitrogens is 2. The van der Waals surface area contributed by atoms with Crippen molar-refractivity contribution in [2.75, 3.05) is 46.9 Å². The van der Waals surface area contributed by atoms with Crippen molar-refractivity contribution in [3.63, 3.8) is 0 Å². The number of aromatic amines is 2. The summed E-state index contributed by atoms with van der Waals surface area (Å²) in [7, 11) is 3.49. The summed E-state index contributed by atoms with van der Waals surface area (Å²) in [6.07, 6.45) is 1.06. The quantitative estimate of drug-likeness (QED) is 0.720. The molecule has 1 aromatic carbocycles. The predicted molar refractivity (Wildman–Crippen MR) is 98.6 cm³/mol. The second kappa shape index (κ2) is 7.84. The molecule has 0 bridgehead atoms. The van der Waals surface area contributed by atoms with Crippen LogP contribution >= 0.6 is 0 Å². The molecule has 8 heteroatoms. The number of methoxy groups -OCH3 is 1. The minimum atomic E-state index is -0.724. The molecule has 1 aliphatic rings. The monoisotopic (exact) mass is 360 g/mol. The second-order valence-corrected chi connectivity index (χ2v) is 6.80. The Morgan fingerprint density at radius 1 is 1.27 bits per heavy atom. The number of hydrogen-bond acceptors (Lipinski definition) is 5. The smallest absolute Gasteiger partial charge is 0.314 e. The van der Waals surface area contributed by atoms with Crippen LogP contribution in [-0.2, 0) is 4.74 Å². The van der Waals surface area contributed by atoms with Gasteiger partial charge in [0.05, 0.1) is 17.6 Å². The highest BCUT2D eigenvalue weighted by Gasteiger charge is 2.25. The fourth-order valence-electron chi connectivity index (χ4n) is 3.42. The van der Waals surface area contributed by atoms with Crippen molar-refractivity contribution in [1.82, 2.24) is 19.8 Å². The first kappa shape index (κ1) is 18.3. The van der Waals surface area contributed by atoms with E-state index in [-0.39, 0.29) is 5.91 Å². The molecule has 2 aromatic rings. The third-order valence-corrected chi connectivity index (χ3v) is 4.83. The fourth-order valence-corrected chi connectivity index (χ4v) is 3.42. The molecule has 1 amide bonds. The average Bonchev–Trinajstić information content (AvgIpc) is 3.07. The Hall–Kier alpha value is -2.45. The summed E-state index contributed by atoms with van der Waals surface area (Å²) in [5.41, 5.74) is 0.00119. The van der Waals surface area contributed by atoms with Crippen LogP contribution in [0.2, 0.25) is 0 Å². The molecule has 2 N–H and O–H groups in total. The molecule has 26 heavy (non-hydrogen) atoms. The van der Waals surface area contributed by atoms with Crippen molar-refractivity contribution in [2.24, 2.45) is 5.92 Å². The van der Waals surface area contributed by atoms with Crippen molar-refractivity contribution in [1.29, 1.82) is 0 Å². The molecule has 2 heterocycles. The molecule has 1 aliphatic heterocycles. The summed E-state index contributed by atoms with van der Waals surface area (Å²) in [6, 6.07) is 4.90. The average molecular weight is 360 g/mol. The molecule has 140 valence electrons. The molecule has 0 saturated carbocycles. The largest absolute Gasteiger partial charge is 0.383 e. The first-order valence-corrected chi connectivity index (χ1v) is 8.71. The van der Waals surface area contributed by atoms with Gasteiger partial charge in [0.25, 0.3) is 5.91 Å². The topological polar surface area (TPSA) is 98.5 Å². The van der Waals surface area contributed by atoms with E-state index in [2.05, 4.69) is 14.9 Å². The SMILES string of the molecule is COCCN1CCC(CN(C)C(=O)c2ccc3[nH]c(=O)c(=O)[nH]c3c2)C1. The normalized spacial score (nSPS) is 17.7. The Kier molecular flexibility index (Phi) is 5.53. The van der Waals surface area contributed by atoms with E-state index < -0.39 is 11.1 Å². The highest BCUT2D eigenvalue weighted by Crippen LogP contribution is 2.18. The maximum atomic E-state index is 12.7. The van der Waals surface area contributed by atoms with Crippen LogP contribution in [0.4, 0.5) is 0 Å². The van der Waals surface area contributed by atoms with Gasteiger partial charge in [0.2, 0.25) is 0 Å². The zero-order valence-electron chi connectivity index (χ0n) is 15.1. The van der Waals surface area contributed by atoms with Crippen molar-refractivity contribution >= 4 is 16.9 Å². The van der Waals surface area contributed by atoms with Gasteiger partial charge in [0.1, 0.15) is 0 Å². The third kappa shape index (κ3) is 4.03. The van der Waals surface area contributed by atoms with Gasteiger partial charge >= 0.3 is 11.1 Å². The molecule has 3 rings (SSSR count). The second-order valence-electron chi connectivity index (χ2n) is 6.80. The lowest BCUT2D eigenvalue weighted by Gasteiger charge is -2.22. The van der Waals surface area contributed by atoms with Gasteiger partial charge in [-0.05, 0) is 37.1 Å². The van der Waals surface area contributed by atoms with E-state index in [4.69, 9.17) is 4.74 Å². The first-order valence-electron chi connectivity index (χ1n) is 8.71. The molecule has 0 spiro atoms. The van der Waals surface area contributed by atoms with E-state index in [1.807, 2.05) is 0 Å². The Bertz CT molecular complexity index is 904. The number of carbonyl (C=O) groups is 1. The van der Waals surface area contributed by atoms with Gasteiger partial charge in [-0.25, -0.2) is 0 Å². The Morgan fingerprint density at radius 3 is 2.73 bits per heavy atom. The van der Waals surface area contributed by atoms with Crippen LogP contribution in [0, 0.1) is 5.92 Å². The Morgan fingerprint density at radius 2 is 2.00 bits per heavy atom. The summed E-state index contributed by atoms with van der Waals surface area (Å²) >= 11 is 0. The maximum absolute atomic E-state index is 12.7. The van der Waals surface area contributed by atoms with Gasteiger partial charge in [0, 0.05) is 39.4 Å². The van der Waals surface area contributed by atoms with Crippen LogP contribution < -0.4 is 11.1 Å². The van der Waals surface area contributed by atoms with Crippen LogP contribution in [0.25, 0.3) is 11.0 Å². The highest BCUT2D eigenvalue weighted by atomic mass is 16.5. The third-order valence-electron chi connectivity index (χ3n) is 4.83. The number of rotatable bonds is 6. The highest BCUT2D eigenvalue weighted by molar-refractivity contribution is 5.97. The minimum Gasteiger partial charge on any atom is -0.383 e. The van der Waals surface area contributed by atoms with E-state index in [1.54, 1.807) is 37.3 Å². The molecule has 0 radical (unpaired) electrons. The standard InChI is InChI=1S/C18H24N4O4/c1-21(10-12-5-6-22(11-12)7-8-26-2)18(25)13-3-4-14-15(9-13)20-17(24)16(23)19-14/h3-4,9,12H,5-8,10-11H2,1-2H3,(H,19,23)(H,20,24). The summed E-state index contributed by atoms with van der Waals surface area (Å²) < 4.78 is 5.11.